The number of nitrogens with zero attached hydrogens (tertiary/aromatic N) is 3. The number of rotatable bonds is 7. The number of ether oxygens (including phenoxy) is 1. The molecule has 2 N–H and O–H groups in total. The molecule has 9 heteroatoms. The summed E-state index contributed by atoms with van der Waals surface area (Å²) >= 11 is 0. The number of methoxy groups -OCH3 is 1. The molecule has 1 aliphatic heterocycles. The van der Waals surface area contributed by atoms with Gasteiger partial charge >= 0.3 is 0 Å². The van der Waals surface area contributed by atoms with E-state index in [0.717, 1.165) is 61.1 Å². The minimum Gasteiger partial charge on any atom is -0.497 e. The highest BCUT2D eigenvalue weighted by Gasteiger charge is 2.53. The second-order valence-corrected chi connectivity index (χ2v) is 10.9. The van der Waals surface area contributed by atoms with Crippen LogP contribution >= 0.6 is 0 Å². The van der Waals surface area contributed by atoms with Crippen LogP contribution in [-0.2, 0) is 30.7 Å². The van der Waals surface area contributed by atoms with Crippen molar-refractivity contribution in [3.63, 3.8) is 0 Å². The third-order valence-corrected chi connectivity index (χ3v) is 8.14. The normalized spacial score (nSPS) is 20.2. The van der Waals surface area contributed by atoms with E-state index >= 15 is 0 Å². The van der Waals surface area contributed by atoms with Gasteiger partial charge in [-0.25, -0.2) is 4.98 Å². The maximum Gasteiger partial charge on any atom is 0.276 e. The number of benzene rings is 2. The monoisotopic (exact) mass is 527 g/mol. The lowest BCUT2D eigenvalue weighted by Gasteiger charge is -2.44. The summed E-state index contributed by atoms with van der Waals surface area (Å²) in [5, 5.41) is 6.03. The Balaban J connectivity index is 1.24. The molecule has 0 radical (unpaired) electrons. The summed E-state index contributed by atoms with van der Waals surface area (Å²) in [6.45, 7) is 2.35. The van der Waals surface area contributed by atoms with Crippen molar-refractivity contribution in [2.45, 2.75) is 70.1 Å². The van der Waals surface area contributed by atoms with Crippen LogP contribution in [0.1, 0.15) is 70.3 Å². The highest BCUT2D eigenvalue weighted by Crippen LogP contribution is 2.39. The van der Waals surface area contributed by atoms with Crippen molar-refractivity contribution in [2.24, 2.45) is 0 Å². The second-order valence-electron chi connectivity index (χ2n) is 10.9. The van der Waals surface area contributed by atoms with Gasteiger partial charge in [-0.3, -0.25) is 14.4 Å². The topological polar surface area (TPSA) is 106 Å². The van der Waals surface area contributed by atoms with E-state index < -0.39 is 11.4 Å². The first-order valence-electron chi connectivity index (χ1n) is 13.6. The Hall–Kier alpha value is -4.14. The van der Waals surface area contributed by atoms with Gasteiger partial charge in [-0.1, -0.05) is 24.3 Å². The van der Waals surface area contributed by atoms with Crippen LogP contribution in [0.2, 0.25) is 0 Å². The number of fused-ring (bicyclic) bond motifs is 2. The van der Waals surface area contributed by atoms with E-state index in [4.69, 9.17) is 4.74 Å². The van der Waals surface area contributed by atoms with Crippen LogP contribution in [0.5, 0.6) is 5.75 Å². The fourth-order valence-electron chi connectivity index (χ4n) is 5.92. The number of carbonyl (C=O) groups excluding carboxylic acids is 3. The summed E-state index contributed by atoms with van der Waals surface area (Å²) in [6.07, 6.45) is 7.34. The third-order valence-electron chi connectivity index (χ3n) is 8.14. The van der Waals surface area contributed by atoms with Crippen molar-refractivity contribution in [3.05, 3.63) is 76.9 Å². The molecule has 3 amide bonds. The molecule has 1 aromatic heterocycles. The summed E-state index contributed by atoms with van der Waals surface area (Å²) in [4.78, 5) is 47.0. The van der Waals surface area contributed by atoms with E-state index in [1.807, 2.05) is 36.4 Å². The minimum absolute atomic E-state index is 0.0325. The van der Waals surface area contributed by atoms with E-state index in [1.54, 1.807) is 23.5 Å². The first kappa shape index (κ1) is 25.2. The zero-order chi connectivity index (χ0) is 27.1. The number of hydrogen-bond donors (Lipinski definition) is 2. The van der Waals surface area contributed by atoms with Crippen molar-refractivity contribution >= 4 is 23.4 Å². The first-order chi connectivity index (χ1) is 18.9. The van der Waals surface area contributed by atoms with Gasteiger partial charge in [-0.05, 0) is 80.3 Å². The number of amides is 3. The summed E-state index contributed by atoms with van der Waals surface area (Å²) in [5.74, 6) is -0.225. The lowest BCUT2D eigenvalue weighted by atomic mass is 9.90. The molecule has 6 rings (SSSR count). The van der Waals surface area contributed by atoms with Gasteiger partial charge in [0.05, 0.1) is 20.0 Å². The highest BCUT2D eigenvalue weighted by atomic mass is 16.5. The zero-order valence-corrected chi connectivity index (χ0v) is 22.3. The van der Waals surface area contributed by atoms with Crippen LogP contribution in [0.4, 0.5) is 5.69 Å². The minimum atomic E-state index is -1.11. The van der Waals surface area contributed by atoms with Crippen molar-refractivity contribution in [1.82, 2.24) is 19.8 Å². The second kappa shape index (κ2) is 9.87. The Labute approximate surface area is 227 Å². The SMILES string of the molecule is COc1ccc(CNC(=O)[C@]2(C)Cn3cnc(C(=O)Nc4cccc5c4CCCC5)c3C(=O)N2C2CC2)cc1. The molecule has 3 aliphatic rings. The average Bonchev–Trinajstić information content (AvgIpc) is 3.69. The highest BCUT2D eigenvalue weighted by molar-refractivity contribution is 6.12. The smallest absolute Gasteiger partial charge is 0.276 e. The van der Waals surface area contributed by atoms with E-state index in [9.17, 15) is 14.4 Å². The van der Waals surface area contributed by atoms with Gasteiger partial charge in [0.1, 0.15) is 17.0 Å². The molecule has 9 nitrogen and oxygen atoms in total. The molecular formula is C30H33N5O4. The lowest BCUT2D eigenvalue weighted by molar-refractivity contribution is -0.133. The molecule has 39 heavy (non-hydrogen) atoms. The van der Waals surface area contributed by atoms with Gasteiger partial charge < -0.3 is 24.8 Å². The molecule has 2 aliphatic carbocycles. The molecule has 1 fully saturated rings. The van der Waals surface area contributed by atoms with Gasteiger partial charge in [-0.2, -0.15) is 0 Å². The number of anilines is 1. The van der Waals surface area contributed by atoms with Crippen LogP contribution in [-0.4, -0.2) is 50.9 Å². The molecule has 0 spiro atoms. The molecule has 1 atom stereocenters. The van der Waals surface area contributed by atoms with Crippen molar-refractivity contribution in [2.75, 3.05) is 12.4 Å². The molecule has 2 aromatic carbocycles. The Morgan fingerprint density at radius 1 is 1.10 bits per heavy atom. The van der Waals surface area contributed by atoms with E-state index in [1.165, 1.54) is 11.9 Å². The fourth-order valence-corrected chi connectivity index (χ4v) is 5.92. The van der Waals surface area contributed by atoms with Crippen molar-refractivity contribution in [3.8, 4) is 5.75 Å². The predicted molar refractivity (Wildman–Crippen MR) is 146 cm³/mol. The number of imidazole rings is 1. The number of hydrogen-bond acceptors (Lipinski definition) is 5. The van der Waals surface area contributed by atoms with Gasteiger partial charge in [0.15, 0.2) is 5.69 Å². The summed E-state index contributed by atoms with van der Waals surface area (Å²) < 4.78 is 6.86. The van der Waals surface area contributed by atoms with Gasteiger partial charge in [0, 0.05) is 18.3 Å². The Morgan fingerprint density at radius 3 is 2.62 bits per heavy atom. The number of carbonyl (C=O) groups is 3. The Morgan fingerprint density at radius 2 is 1.87 bits per heavy atom. The van der Waals surface area contributed by atoms with Crippen LogP contribution in [0.25, 0.3) is 0 Å². The average molecular weight is 528 g/mol. The van der Waals surface area contributed by atoms with Gasteiger partial charge in [0.25, 0.3) is 11.8 Å². The quantitative estimate of drug-likeness (QED) is 0.487. The standard InChI is InChI=1S/C30H33N5O4/c1-30(29(38)31-16-19-10-14-22(39-2)15-11-19)17-34-18-32-25(26(34)28(37)35(30)21-12-13-21)27(36)33-24-9-5-7-20-6-3-4-8-23(20)24/h5,7,9-11,14-15,18,21H,3-4,6,8,12-13,16-17H2,1-2H3,(H,31,38)(H,33,36)/t30-/m0/s1. The number of nitrogens with one attached hydrogen (secondary N) is 2. The van der Waals surface area contributed by atoms with Gasteiger partial charge in [0.2, 0.25) is 5.91 Å². The van der Waals surface area contributed by atoms with E-state index in [0.29, 0.717) is 6.54 Å². The molecule has 0 bridgehead atoms. The Kier molecular flexibility index (Phi) is 6.37. The molecule has 3 aromatic rings. The lowest BCUT2D eigenvalue weighted by Crippen LogP contribution is -2.64. The molecule has 202 valence electrons. The van der Waals surface area contributed by atoms with Crippen LogP contribution in [0.15, 0.2) is 48.8 Å². The number of aromatic nitrogens is 2. The van der Waals surface area contributed by atoms with Crippen LogP contribution in [0, 0.1) is 0 Å². The van der Waals surface area contributed by atoms with Crippen LogP contribution < -0.4 is 15.4 Å². The molecule has 2 heterocycles. The predicted octanol–water partition coefficient (Wildman–Crippen LogP) is 3.72. The third kappa shape index (κ3) is 4.56. The summed E-state index contributed by atoms with van der Waals surface area (Å²) in [6, 6.07) is 13.4. The van der Waals surface area contributed by atoms with E-state index in [2.05, 4.69) is 21.7 Å². The molecule has 0 saturated heterocycles. The Bertz CT molecular complexity index is 1440. The van der Waals surface area contributed by atoms with Gasteiger partial charge in [-0.15, -0.1) is 0 Å². The van der Waals surface area contributed by atoms with Crippen molar-refractivity contribution in [1.29, 1.82) is 0 Å². The largest absolute Gasteiger partial charge is 0.497 e. The van der Waals surface area contributed by atoms with Crippen LogP contribution in [0.3, 0.4) is 0 Å². The molecular weight excluding hydrogens is 494 g/mol. The molecule has 0 unspecified atom stereocenters. The summed E-state index contributed by atoms with van der Waals surface area (Å²) in [7, 11) is 1.61. The molecule has 1 saturated carbocycles. The number of aryl methyl sites for hydroxylation is 1. The maximum atomic E-state index is 13.9. The maximum absolute atomic E-state index is 13.9. The van der Waals surface area contributed by atoms with E-state index in [-0.39, 0.29) is 35.8 Å². The van der Waals surface area contributed by atoms with Crippen molar-refractivity contribution < 1.29 is 19.1 Å². The first-order valence-corrected chi connectivity index (χ1v) is 13.6. The fraction of sp³-hybridized carbons (Fsp3) is 0.400. The zero-order valence-electron chi connectivity index (χ0n) is 22.3. The summed E-state index contributed by atoms with van der Waals surface area (Å²) in [5.41, 5.74) is 3.37.